The van der Waals surface area contributed by atoms with Gasteiger partial charge in [0.05, 0.1) is 0 Å². The fourth-order valence-corrected chi connectivity index (χ4v) is 2.86. The zero-order valence-electron chi connectivity index (χ0n) is 14.5. The number of amides is 1. The van der Waals surface area contributed by atoms with Gasteiger partial charge in [0.25, 0.3) is 5.91 Å². The summed E-state index contributed by atoms with van der Waals surface area (Å²) in [5, 5.41) is 4.02. The largest absolute Gasteiger partial charge is 0.337 e. The van der Waals surface area contributed by atoms with Gasteiger partial charge in [-0.1, -0.05) is 36.7 Å². The number of carbonyl (C=O) groups excluding carboxylic acids is 1. The highest BCUT2D eigenvalue weighted by molar-refractivity contribution is 5.94. The van der Waals surface area contributed by atoms with Crippen molar-refractivity contribution in [2.24, 2.45) is 0 Å². The maximum atomic E-state index is 12.7. The molecule has 1 aliphatic rings. The number of aromatic nitrogens is 2. The molecular weight excluding hydrogens is 304 g/mol. The summed E-state index contributed by atoms with van der Waals surface area (Å²) in [6.45, 7) is 9.01. The van der Waals surface area contributed by atoms with E-state index in [0.717, 1.165) is 36.5 Å². The smallest absolute Gasteiger partial charge is 0.324 e. The van der Waals surface area contributed by atoms with E-state index in [0.29, 0.717) is 19.1 Å². The lowest BCUT2D eigenvalue weighted by atomic mass is 10.1. The number of aryl methyl sites for hydroxylation is 1. The Labute approximate surface area is 142 Å². The molecule has 0 spiro atoms. The monoisotopic (exact) mass is 328 g/mol. The molecule has 1 fully saturated rings. The summed E-state index contributed by atoms with van der Waals surface area (Å²) in [6.07, 6.45) is 0.886. The molecule has 128 valence electrons. The minimum atomic E-state index is 0.0916. The van der Waals surface area contributed by atoms with Gasteiger partial charge in [0.1, 0.15) is 0 Å². The van der Waals surface area contributed by atoms with Crippen LogP contribution in [0.25, 0.3) is 0 Å². The molecule has 0 N–H and O–H groups in total. The molecule has 24 heavy (non-hydrogen) atoms. The van der Waals surface area contributed by atoms with Gasteiger partial charge in [0.15, 0.2) is 5.82 Å². The third-order valence-corrected chi connectivity index (χ3v) is 4.27. The van der Waals surface area contributed by atoms with Crippen LogP contribution in [0, 0.1) is 6.92 Å². The highest BCUT2D eigenvalue weighted by Gasteiger charge is 2.23. The second-order valence-corrected chi connectivity index (χ2v) is 6.59. The van der Waals surface area contributed by atoms with Crippen molar-refractivity contribution in [3.63, 3.8) is 0 Å². The van der Waals surface area contributed by atoms with Crippen molar-refractivity contribution in [1.82, 2.24) is 15.0 Å². The van der Waals surface area contributed by atoms with Gasteiger partial charge in [-0.25, -0.2) is 0 Å². The molecule has 1 aromatic heterocycles. The minimum Gasteiger partial charge on any atom is -0.337 e. The van der Waals surface area contributed by atoms with E-state index in [1.165, 1.54) is 0 Å². The standard InChI is InChI=1S/C18H24N4O2/c1-13(2)16-19-18(24-20-16)22-9-5-8-21(10-11-22)17(23)15-7-4-6-14(3)12-15/h4,6-7,12-13H,5,8-11H2,1-3H3. The van der Waals surface area contributed by atoms with Crippen LogP contribution in [0.3, 0.4) is 0 Å². The number of benzene rings is 1. The Morgan fingerprint density at radius 1 is 1.21 bits per heavy atom. The average Bonchev–Trinajstić information content (AvgIpc) is 2.93. The molecule has 1 amide bonds. The van der Waals surface area contributed by atoms with Crippen LogP contribution in [0.1, 0.15) is 47.9 Å². The Balaban J connectivity index is 1.67. The zero-order valence-corrected chi connectivity index (χ0v) is 14.5. The third kappa shape index (κ3) is 3.58. The molecule has 0 bridgehead atoms. The van der Waals surface area contributed by atoms with E-state index in [1.807, 2.05) is 49.9 Å². The maximum absolute atomic E-state index is 12.7. The second kappa shape index (κ2) is 7.03. The van der Waals surface area contributed by atoms with Crippen LogP contribution in [-0.4, -0.2) is 47.1 Å². The van der Waals surface area contributed by atoms with E-state index in [-0.39, 0.29) is 11.8 Å². The highest BCUT2D eigenvalue weighted by Crippen LogP contribution is 2.18. The Bertz CT molecular complexity index is 711. The number of rotatable bonds is 3. The van der Waals surface area contributed by atoms with E-state index >= 15 is 0 Å². The van der Waals surface area contributed by atoms with Gasteiger partial charge in [-0.2, -0.15) is 4.98 Å². The number of hydrogen-bond donors (Lipinski definition) is 0. The maximum Gasteiger partial charge on any atom is 0.324 e. The van der Waals surface area contributed by atoms with Crippen molar-refractivity contribution in [2.45, 2.75) is 33.1 Å². The van der Waals surface area contributed by atoms with Crippen molar-refractivity contribution >= 4 is 11.9 Å². The summed E-state index contributed by atoms with van der Waals surface area (Å²) in [6, 6.07) is 8.31. The van der Waals surface area contributed by atoms with Crippen LogP contribution in [0.5, 0.6) is 0 Å². The first kappa shape index (κ1) is 16.5. The molecule has 0 atom stereocenters. The summed E-state index contributed by atoms with van der Waals surface area (Å²) in [7, 11) is 0. The molecule has 0 aliphatic carbocycles. The van der Waals surface area contributed by atoms with Crippen molar-refractivity contribution in [3.8, 4) is 0 Å². The SMILES string of the molecule is Cc1cccc(C(=O)N2CCCN(c3nc(C(C)C)no3)CC2)c1. The summed E-state index contributed by atoms with van der Waals surface area (Å²) in [5.41, 5.74) is 1.85. The first-order chi connectivity index (χ1) is 11.5. The molecule has 2 aromatic rings. The van der Waals surface area contributed by atoms with E-state index in [4.69, 9.17) is 4.52 Å². The van der Waals surface area contributed by atoms with E-state index in [9.17, 15) is 4.79 Å². The van der Waals surface area contributed by atoms with Gasteiger partial charge in [0, 0.05) is 37.7 Å². The predicted molar refractivity (Wildman–Crippen MR) is 92.3 cm³/mol. The average molecular weight is 328 g/mol. The molecular formula is C18H24N4O2. The molecule has 6 nitrogen and oxygen atoms in total. The van der Waals surface area contributed by atoms with Crippen molar-refractivity contribution in [1.29, 1.82) is 0 Å². The topological polar surface area (TPSA) is 62.5 Å². The highest BCUT2D eigenvalue weighted by atomic mass is 16.5. The lowest BCUT2D eigenvalue weighted by molar-refractivity contribution is 0.0767. The fraction of sp³-hybridized carbons (Fsp3) is 0.500. The van der Waals surface area contributed by atoms with Crippen LogP contribution in [0.2, 0.25) is 0 Å². The van der Waals surface area contributed by atoms with Crippen molar-refractivity contribution in [3.05, 3.63) is 41.2 Å². The summed E-state index contributed by atoms with van der Waals surface area (Å²) in [4.78, 5) is 21.1. The molecule has 0 radical (unpaired) electrons. The molecule has 0 unspecified atom stereocenters. The van der Waals surface area contributed by atoms with Gasteiger partial charge in [-0.3, -0.25) is 4.79 Å². The van der Waals surface area contributed by atoms with Gasteiger partial charge in [-0.05, 0) is 25.5 Å². The van der Waals surface area contributed by atoms with Gasteiger partial charge in [0.2, 0.25) is 0 Å². The first-order valence-electron chi connectivity index (χ1n) is 8.49. The van der Waals surface area contributed by atoms with Gasteiger partial charge >= 0.3 is 6.01 Å². The van der Waals surface area contributed by atoms with Crippen LogP contribution >= 0.6 is 0 Å². The molecule has 6 heteroatoms. The lowest BCUT2D eigenvalue weighted by Crippen LogP contribution is -2.35. The molecule has 0 saturated carbocycles. The number of nitrogens with zero attached hydrogens (tertiary/aromatic N) is 4. The van der Waals surface area contributed by atoms with Gasteiger partial charge < -0.3 is 14.3 Å². The zero-order chi connectivity index (χ0) is 17.1. The molecule has 1 aromatic carbocycles. The Hall–Kier alpha value is -2.37. The van der Waals surface area contributed by atoms with Crippen molar-refractivity contribution < 1.29 is 9.32 Å². The van der Waals surface area contributed by atoms with Crippen LogP contribution in [-0.2, 0) is 0 Å². The Morgan fingerprint density at radius 2 is 2.04 bits per heavy atom. The van der Waals surface area contributed by atoms with E-state index in [1.54, 1.807) is 0 Å². The van der Waals surface area contributed by atoms with Crippen LogP contribution < -0.4 is 4.90 Å². The summed E-state index contributed by atoms with van der Waals surface area (Å²) >= 11 is 0. The quantitative estimate of drug-likeness (QED) is 0.867. The summed E-state index contributed by atoms with van der Waals surface area (Å²) < 4.78 is 5.38. The van der Waals surface area contributed by atoms with Gasteiger partial charge in [-0.15, -0.1) is 0 Å². The Kier molecular flexibility index (Phi) is 4.83. The predicted octanol–water partition coefficient (Wildman–Crippen LogP) is 2.85. The lowest BCUT2D eigenvalue weighted by Gasteiger charge is -2.21. The Morgan fingerprint density at radius 3 is 2.75 bits per heavy atom. The number of anilines is 1. The fourth-order valence-electron chi connectivity index (χ4n) is 2.86. The second-order valence-electron chi connectivity index (χ2n) is 6.59. The number of hydrogen-bond acceptors (Lipinski definition) is 5. The van der Waals surface area contributed by atoms with Crippen LogP contribution in [0.15, 0.2) is 28.8 Å². The minimum absolute atomic E-state index is 0.0916. The van der Waals surface area contributed by atoms with E-state index < -0.39 is 0 Å². The molecule has 3 rings (SSSR count). The number of carbonyl (C=O) groups is 1. The van der Waals surface area contributed by atoms with E-state index in [2.05, 4.69) is 15.0 Å². The normalized spacial score (nSPS) is 15.7. The summed E-state index contributed by atoms with van der Waals surface area (Å²) in [5.74, 6) is 1.06. The molecule has 1 aliphatic heterocycles. The van der Waals surface area contributed by atoms with Crippen molar-refractivity contribution in [2.75, 3.05) is 31.1 Å². The van der Waals surface area contributed by atoms with Crippen LogP contribution in [0.4, 0.5) is 6.01 Å². The molecule has 1 saturated heterocycles. The third-order valence-electron chi connectivity index (χ3n) is 4.27. The molecule has 2 heterocycles. The first-order valence-corrected chi connectivity index (χ1v) is 8.49.